The minimum Gasteiger partial charge on any atom is -0.493 e. The zero-order valence-corrected chi connectivity index (χ0v) is 18.5. The number of anilines is 1. The molecule has 1 aromatic carbocycles. The maximum absolute atomic E-state index is 5.45. The maximum Gasteiger partial charge on any atom is 0.181 e. The monoisotopic (exact) mass is 432 g/mol. The molecule has 0 radical (unpaired) electrons. The summed E-state index contributed by atoms with van der Waals surface area (Å²) in [6.07, 6.45) is 6.46. The van der Waals surface area contributed by atoms with Crippen molar-refractivity contribution >= 4 is 27.4 Å². The summed E-state index contributed by atoms with van der Waals surface area (Å²) in [5, 5.41) is 4.74. The van der Waals surface area contributed by atoms with Crippen LogP contribution in [0.15, 0.2) is 42.6 Å². The number of aromatic nitrogens is 3. The van der Waals surface area contributed by atoms with E-state index in [0.29, 0.717) is 12.4 Å². The third kappa shape index (κ3) is 3.81. The first-order valence-corrected chi connectivity index (χ1v) is 11.3. The van der Waals surface area contributed by atoms with Crippen LogP contribution >= 0.6 is 11.3 Å². The van der Waals surface area contributed by atoms with Gasteiger partial charge in [0.2, 0.25) is 0 Å². The van der Waals surface area contributed by atoms with Gasteiger partial charge in [-0.25, -0.2) is 9.97 Å². The molecule has 1 aliphatic carbocycles. The van der Waals surface area contributed by atoms with Crippen molar-refractivity contribution in [3.8, 4) is 23.0 Å². The molecule has 0 saturated carbocycles. The van der Waals surface area contributed by atoms with E-state index >= 15 is 0 Å². The number of methoxy groups -OCH3 is 2. The van der Waals surface area contributed by atoms with Crippen molar-refractivity contribution < 1.29 is 9.47 Å². The quantitative estimate of drug-likeness (QED) is 0.448. The molecule has 4 aromatic rings. The van der Waals surface area contributed by atoms with Gasteiger partial charge in [0.15, 0.2) is 17.3 Å². The highest BCUT2D eigenvalue weighted by Gasteiger charge is 2.22. The van der Waals surface area contributed by atoms with Crippen LogP contribution in [0.25, 0.3) is 21.7 Å². The number of rotatable bonds is 6. The van der Waals surface area contributed by atoms with Gasteiger partial charge in [-0.3, -0.25) is 4.98 Å². The zero-order valence-electron chi connectivity index (χ0n) is 17.6. The fourth-order valence-electron chi connectivity index (χ4n) is 4.07. The Morgan fingerprint density at radius 1 is 1.00 bits per heavy atom. The van der Waals surface area contributed by atoms with Gasteiger partial charge in [0.25, 0.3) is 0 Å². The summed E-state index contributed by atoms with van der Waals surface area (Å²) in [6.45, 7) is 0.624. The highest BCUT2D eigenvalue weighted by Crippen LogP contribution is 2.39. The van der Waals surface area contributed by atoms with Crippen LogP contribution in [-0.2, 0) is 19.4 Å². The molecule has 6 nitrogen and oxygen atoms in total. The Bertz CT molecular complexity index is 1220. The van der Waals surface area contributed by atoms with E-state index in [1.807, 2.05) is 36.4 Å². The number of aryl methyl sites for hydroxylation is 2. The molecule has 0 fully saturated rings. The van der Waals surface area contributed by atoms with Crippen molar-refractivity contribution in [2.75, 3.05) is 19.5 Å². The second-order valence-electron chi connectivity index (χ2n) is 7.54. The summed E-state index contributed by atoms with van der Waals surface area (Å²) in [6, 6.07) is 11.8. The fourth-order valence-corrected chi connectivity index (χ4v) is 5.33. The zero-order chi connectivity index (χ0) is 21.2. The first kappa shape index (κ1) is 19.8. The van der Waals surface area contributed by atoms with Crippen LogP contribution in [0.4, 0.5) is 5.82 Å². The number of hydrogen-bond acceptors (Lipinski definition) is 7. The second kappa shape index (κ2) is 8.51. The van der Waals surface area contributed by atoms with Crippen molar-refractivity contribution in [3.05, 3.63) is 58.6 Å². The SMILES string of the molecule is COc1ccc(CNc2nc(-c3ccccn3)nc3sc4c(c23)CCCC4)cc1OC. The van der Waals surface area contributed by atoms with Gasteiger partial charge < -0.3 is 14.8 Å². The number of pyridine rings is 1. The molecule has 158 valence electrons. The Morgan fingerprint density at radius 2 is 1.87 bits per heavy atom. The van der Waals surface area contributed by atoms with E-state index in [9.17, 15) is 0 Å². The Morgan fingerprint density at radius 3 is 2.68 bits per heavy atom. The number of hydrogen-bond donors (Lipinski definition) is 1. The minimum atomic E-state index is 0.624. The molecule has 3 heterocycles. The van der Waals surface area contributed by atoms with Crippen molar-refractivity contribution in [1.82, 2.24) is 15.0 Å². The van der Waals surface area contributed by atoms with E-state index in [1.54, 1.807) is 31.8 Å². The highest BCUT2D eigenvalue weighted by atomic mass is 32.1. The third-order valence-electron chi connectivity index (χ3n) is 5.62. The lowest BCUT2D eigenvalue weighted by Crippen LogP contribution is -2.06. The number of fused-ring (bicyclic) bond motifs is 3. The first-order chi connectivity index (χ1) is 15.3. The van der Waals surface area contributed by atoms with Crippen LogP contribution in [0.5, 0.6) is 11.5 Å². The average Bonchev–Trinajstić information content (AvgIpc) is 3.21. The van der Waals surface area contributed by atoms with E-state index in [4.69, 9.17) is 19.4 Å². The predicted molar refractivity (Wildman–Crippen MR) is 124 cm³/mol. The van der Waals surface area contributed by atoms with Gasteiger partial charge >= 0.3 is 0 Å². The molecule has 0 aliphatic heterocycles. The summed E-state index contributed by atoms with van der Waals surface area (Å²) in [5.74, 6) is 2.97. The lowest BCUT2D eigenvalue weighted by atomic mass is 9.97. The minimum absolute atomic E-state index is 0.624. The molecular weight excluding hydrogens is 408 g/mol. The van der Waals surface area contributed by atoms with Gasteiger partial charge in [-0.05, 0) is 61.1 Å². The summed E-state index contributed by atoms with van der Waals surface area (Å²) in [5.41, 5.74) is 3.28. The van der Waals surface area contributed by atoms with E-state index < -0.39 is 0 Å². The second-order valence-corrected chi connectivity index (χ2v) is 8.63. The van der Waals surface area contributed by atoms with Gasteiger partial charge in [0, 0.05) is 17.6 Å². The molecule has 5 rings (SSSR count). The molecule has 0 atom stereocenters. The third-order valence-corrected chi connectivity index (χ3v) is 6.80. The Kier molecular flexibility index (Phi) is 5.42. The predicted octanol–water partition coefficient (Wildman–Crippen LogP) is 5.26. The van der Waals surface area contributed by atoms with Crippen LogP contribution in [0.1, 0.15) is 28.8 Å². The van der Waals surface area contributed by atoms with Crippen molar-refractivity contribution in [2.45, 2.75) is 32.2 Å². The Labute approximate surface area is 185 Å². The molecule has 0 unspecified atom stereocenters. The molecule has 3 aromatic heterocycles. The van der Waals surface area contributed by atoms with Crippen molar-refractivity contribution in [3.63, 3.8) is 0 Å². The van der Waals surface area contributed by atoms with E-state index in [-0.39, 0.29) is 0 Å². The lowest BCUT2D eigenvalue weighted by Gasteiger charge is -2.14. The molecule has 0 saturated heterocycles. The molecule has 1 N–H and O–H groups in total. The Hall–Kier alpha value is -3.19. The summed E-state index contributed by atoms with van der Waals surface area (Å²) < 4.78 is 10.8. The van der Waals surface area contributed by atoms with Crippen LogP contribution in [0.3, 0.4) is 0 Å². The number of ether oxygens (including phenoxy) is 2. The maximum atomic E-state index is 5.45. The van der Waals surface area contributed by atoms with E-state index in [2.05, 4.69) is 10.3 Å². The number of nitrogens with zero attached hydrogens (tertiary/aromatic N) is 3. The average molecular weight is 433 g/mol. The largest absolute Gasteiger partial charge is 0.493 e. The van der Waals surface area contributed by atoms with Gasteiger partial charge in [0.1, 0.15) is 16.3 Å². The molecule has 0 amide bonds. The normalized spacial score (nSPS) is 13.1. The van der Waals surface area contributed by atoms with Crippen LogP contribution in [0, 0.1) is 0 Å². The summed E-state index contributed by atoms with van der Waals surface area (Å²) in [4.78, 5) is 16.7. The van der Waals surface area contributed by atoms with Crippen LogP contribution in [0.2, 0.25) is 0 Å². The van der Waals surface area contributed by atoms with Gasteiger partial charge in [-0.15, -0.1) is 11.3 Å². The molecular formula is C24H24N4O2S. The first-order valence-electron chi connectivity index (χ1n) is 10.5. The smallest absolute Gasteiger partial charge is 0.181 e. The van der Waals surface area contributed by atoms with Gasteiger partial charge in [-0.1, -0.05) is 12.1 Å². The molecule has 31 heavy (non-hydrogen) atoms. The standard InChI is InChI=1S/C24H24N4O2S/c1-29-18-11-10-15(13-19(18)30-2)14-26-23-21-16-7-3-4-9-20(16)31-24(21)28-22(27-23)17-8-5-6-12-25-17/h5-6,8,10-13H,3-4,7,9,14H2,1-2H3,(H,26,27,28). The van der Waals surface area contributed by atoms with Crippen molar-refractivity contribution in [2.24, 2.45) is 0 Å². The Balaban J connectivity index is 1.55. The van der Waals surface area contributed by atoms with Gasteiger partial charge in [0.05, 0.1) is 19.6 Å². The van der Waals surface area contributed by atoms with E-state index in [1.165, 1.54) is 28.7 Å². The number of nitrogens with one attached hydrogen (secondary N) is 1. The molecule has 0 spiro atoms. The highest BCUT2D eigenvalue weighted by molar-refractivity contribution is 7.19. The lowest BCUT2D eigenvalue weighted by molar-refractivity contribution is 0.354. The number of thiophene rings is 1. The topological polar surface area (TPSA) is 69.2 Å². The molecule has 7 heteroatoms. The molecule has 1 aliphatic rings. The van der Waals surface area contributed by atoms with Crippen molar-refractivity contribution in [1.29, 1.82) is 0 Å². The summed E-state index contributed by atoms with van der Waals surface area (Å²) in [7, 11) is 3.30. The fraction of sp³-hybridized carbons (Fsp3) is 0.292. The molecule has 0 bridgehead atoms. The van der Waals surface area contributed by atoms with E-state index in [0.717, 1.165) is 46.2 Å². The summed E-state index contributed by atoms with van der Waals surface area (Å²) >= 11 is 1.80. The number of benzene rings is 1. The van der Waals surface area contributed by atoms with Crippen LogP contribution < -0.4 is 14.8 Å². The van der Waals surface area contributed by atoms with Crippen LogP contribution in [-0.4, -0.2) is 29.2 Å². The van der Waals surface area contributed by atoms with Gasteiger partial charge in [-0.2, -0.15) is 0 Å².